The summed E-state index contributed by atoms with van der Waals surface area (Å²) in [6.07, 6.45) is 0.968. The van der Waals surface area contributed by atoms with E-state index in [0.717, 1.165) is 6.42 Å². The first-order valence-corrected chi connectivity index (χ1v) is 6.42. The highest BCUT2D eigenvalue weighted by molar-refractivity contribution is 5.50. The fourth-order valence-corrected chi connectivity index (χ4v) is 2.16. The van der Waals surface area contributed by atoms with E-state index >= 15 is 0 Å². The smallest absolute Gasteiger partial charge is 0.349 e. The Morgan fingerprint density at radius 2 is 2.26 bits per heavy atom. The van der Waals surface area contributed by atoms with E-state index in [1.165, 1.54) is 4.40 Å². The van der Waals surface area contributed by atoms with Crippen molar-refractivity contribution < 1.29 is 0 Å². The van der Waals surface area contributed by atoms with Crippen LogP contribution in [0.1, 0.15) is 26.1 Å². The molecule has 104 valence electrons. The first-order chi connectivity index (χ1) is 9.01. The molecular weight excluding hydrogens is 244 g/mol. The van der Waals surface area contributed by atoms with Gasteiger partial charge in [-0.3, -0.25) is 0 Å². The van der Waals surface area contributed by atoms with Crippen molar-refractivity contribution in [3.05, 3.63) is 22.4 Å². The second-order valence-electron chi connectivity index (χ2n) is 5.12. The molecular formula is C12H20N6O. The van der Waals surface area contributed by atoms with Crippen molar-refractivity contribution in [1.29, 1.82) is 0 Å². The SMILES string of the molecule is Cc1nc(NC(CN)CC(C)C)cc2n[nH]c(=O)n12. The molecule has 0 aromatic carbocycles. The molecule has 4 N–H and O–H groups in total. The fourth-order valence-electron chi connectivity index (χ4n) is 2.16. The van der Waals surface area contributed by atoms with Crippen molar-refractivity contribution in [1.82, 2.24) is 19.6 Å². The molecule has 19 heavy (non-hydrogen) atoms. The predicted octanol–water partition coefficient (Wildman–Crippen LogP) is 0.511. The lowest BCUT2D eigenvalue weighted by Gasteiger charge is -2.19. The largest absolute Gasteiger partial charge is 0.366 e. The molecule has 1 atom stereocenters. The van der Waals surface area contributed by atoms with E-state index in [4.69, 9.17) is 5.73 Å². The lowest BCUT2D eigenvalue weighted by atomic mass is 10.0. The average Bonchev–Trinajstić information content (AvgIpc) is 2.70. The van der Waals surface area contributed by atoms with E-state index in [1.807, 2.05) is 0 Å². The average molecular weight is 264 g/mol. The van der Waals surface area contributed by atoms with Gasteiger partial charge in [0.25, 0.3) is 0 Å². The van der Waals surface area contributed by atoms with Crippen molar-refractivity contribution in [2.75, 3.05) is 11.9 Å². The van der Waals surface area contributed by atoms with Crippen LogP contribution in [0.15, 0.2) is 10.9 Å². The van der Waals surface area contributed by atoms with Crippen LogP contribution in [-0.2, 0) is 0 Å². The number of anilines is 1. The second kappa shape index (κ2) is 5.40. The number of hydrogen-bond donors (Lipinski definition) is 3. The number of hydrogen-bond acceptors (Lipinski definition) is 5. The summed E-state index contributed by atoms with van der Waals surface area (Å²) in [5, 5.41) is 9.65. The molecule has 2 rings (SSSR count). The summed E-state index contributed by atoms with van der Waals surface area (Å²) >= 11 is 0. The molecule has 0 amide bonds. The Morgan fingerprint density at radius 1 is 1.53 bits per heavy atom. The van der Waals surface area contributed by atoms with Crippen LogP contribution in [0, 0.1) is 12.8 Å². The van der Waals surface area contributed by atoms with Crippen molar-refractivity contribution in [3.8, 4) is 0 Å². The standard InChI is InChI=1S/C12H20N6O/c1-7(2)4-9(6-13)15-10-5-11-16-17-12(19)18(11)8(3)14-10/h5,7,9,15H,4,6,13H2,1-3H3,(H,17,19). The van der Waals surface area contributed by atoms with Gasteiger partial charge < -0.3 is 11.1 Å². The molecule has 1 unspecified atom stereocenters. The number of rotatable bonds is 5. The highest BCUT2D eigenvalue weighted by Crippen LogP contribution is 2.12. The van der Waals surface area contributed by atoms with Gasteiger partial charge in [0.1, 0.15) is 11.6 Å². The minimum Gasteiger partial charge on any atom is -0.366 e. The molecule has 0 saturated carbocycles. The molecule has 2 aromatic heterocycles. The van der Waals surface area contributed by atoms with Gasteiger partial charge in [0.05, 0.1) is 0 Å². The number of aromatic amines is 1. The summed E-state index contributed by atoms with van der Waals surface area (Å²) in [7, 11) is 0. The Labute approximate surface area is 111 Å². The third kappa shape index (κ3) is 2.93. The molecule has 0 bridgehead atoms. The van der Waals surface area contributed by atoms with Gasteiger partial charge in [-0.15, -0.1) is 0 Å². The maximum Gasteiger partial charge on any atom is 0.349 e. The van der Waals surface area contributed by atoms with Crippen LogP contribution in [0.5, 0.6) is 0 Å². The van der Waals surface area contributed by atoms with Crippen LogP contribution in [-0.4, -0.2) is 32.2 Å². The van der Waals surface area contributed by atoms with E-state index in [2.05, 4.69) is 34.3 Å². The Balaban J connectivity index is 2.28. The molecule has 7 nitrogen and oxygen atoms in total. The molecule has 2 heterocycles. The lowest BCUT2D eigenvalue weighted by Crippen LogP contribution is -2.31. The Hall–Kier alpha value is -1.89. The zero-order valence-corrected chi connectivity index (χ0v) is 11.5. The molecule has 0 aliphatic rings. The number of aromatic nitrogens is 4. The van der Waals surface area contributed by atoms with E-state index in [1.54, 1.807) is 13.0 Å². The van der Waals surface area contributed by atoms with Gasteiger partial charge in [-0.25, -0.2) is 19.3 Å². The van der Waals surface area contributed by atoms with Crippen molar-refractivity contribution >= 4 is 11.5 Å². The molecule has 0 saturated heterocycles. The maximum absolute atomic E-state index is 11.5. The number of H-pyrrole nitrogens is 1. The summed E-state index contributed by atoms with van der Waals surface area (Å²) in [6, 6.07) is 1.91. The van der Waals surface area contributed by atoms with Crippen molar-refractivity contribution in [3.63, 3.8) is 0 Å². The van der Waals surface area contributed by atoms with Gasteiger partial charge in [0, 0.05) is 18.7 Å². The van der Waals surface area contributed by atoms with Crippen LogP contribution < -0.4 is 16.7 Å². The predicted molar refractivity (Wildman–Crippen MR) is 74.3 cm³/mol. The molecule has 0 aliphatic heterocycles. The zero-order chi connectivity index (χ0) is 14.0. The van der Waals surface area contributed by atoms with E-state index in [9.17, 15) is 4.79 Å². The van der Waals surface area contributed by atoms with Gasteiger partial charge in [-0.1, -0.05) is 13.8 Å². The maximum atomic E-state index is 11.5. The third-order valence-corrected chi connectivity index (χ3v) is 2.96. The highest BCUT2D eigenvalue weighted by atomic mass is 16.1. The Kier molecular flexibility index (Phi) is 3.84. The van der Waals surface area contributed by atoms with Gasteiger partial charge in [0.2, 0.25) is 0 Å². The van der Waals surface area contributed by atoms with E-state index in [-0.39, 0.29) is 11.7 Å². The molecule has 0 radical (unpaired) electrons. The van der Waals surface area contributed by atoms with Gasteiger partial charge in [-0.05, 0) is 19.3 Å². The summed E-state index contributed by atoms with van der Waals surface area (Å²) in [5.74, 6) is 1.85. The van der Waals surface area contributed by atoms with Crippen LogP contribution in [0.25, 0.3) is 5.65 Å². The van der Waals surface area contributed by atoms with Crippen molar-refractivity contribution in [2.24, 2.45) is 11.7 Å². The number of nitrogens with zero attached hydrogens (tertiary/aromatic N) is 3. The lowest BCUT2D eigenvalue weighted by molar-refractivity contribution is 0.521. The zero-order valence-electron chi connectivity index (χ0n) is 11.5. The first kappa shape index (κ1) is 13.5. The summed E-state index contributed by atoms with van der Waals surface area (Å²) in [6.45, 7) is 6.62. The summed E-state index contributed by atoms with van der Waals surface area (Å²) < 4.78 is 1.44. The molecule has 0 fully saturated rings. The second-order valence-corrected chi connectivity index (χ2v) is 5.12. The van der Waals surface area contributed by atoms with Crippen LogP contribution in [0.3, 0.4) is 0 Å². The van der Waals surface area contributed by atoms with Crippen molar-refractivity contribution in [2.45, 2.75) is 33.2 Å². The van der Waals surface area contributed by atoms with Crippen LogP contribution >= 0.6 is 0 Å². The minimum atomic E-state index is -0.274. The first-order valence-electron chi connectivity index (χ1n) is 6.42. The van der Waals surface area contributed by atoms with Crippen LogP contribution in [0.4, 0.5) is 5.82 Å². The molecule has 2 aromatic rings. The molecule has 7 heteroatoms. The molecule has 0 spiro atoms. The van der Waals surface area contributed by atoms with Crippen LogP contribution in [0.2, 0.25) is 0 Å². The molecule has 0 aliphatic carbocycles. The van der Waals surface area contributed by atoms with Gasteiger partial charge in [-0.2, -0.15) is 5.10 Å². The van der Waals surface area contributed by atoms with E-state index in [0.29, 0.717) is 29.8 Å². The van der Waals surface area contributed by atoms with Gasteiger partial charge >= 0.3 is 5.69 Å². The normalized spacial score (nSPS) is 13.1. The fraction of sp³-hybridized carbons (Fsp3) is 0.583. The Bertz CT molecular complexity index is 614. The number of nitrogens with one attached hydrogen (secondary N) is 2. The number of fused-ring (bicyclic) bond motifs is 1. The monoisotopic (exact) mass is 264 g/mol. The number of nitrogens with two attached hydrogens (primary N) is 1. The minimum absolute atomic E-state index is 0.167. The Morgan fingerprint density at radius 3 is 2.89 bits per heavy atom. The summed E-state index contributed by atoms with van der Waals surface area (Å²) in [5.41, 5.74) is 6.04. The quantitative estimate of drug-likeness (QED) is 0.730. The highest BCUT2D eigenvalue weighted by Gasteiger charge is 2.12. The van der Waals surface area contributed by atoms with E-state index < -0.39 is 0 Å². The third-order valence-electron chi connectivity index (χ3n) is 2.96. The number of aryl methyl sites for hydroxylation is 1. The summed E-state index contributed by atoms with van der Waals surface area (Å²) in [4.78, 5) is 15.9. The van der Waals surface area contributed by atoms with Gasteiger partial charge in [0.15, 0.2) is 5.65 Å². The topological polar surface area (TPSA) is 101 Å².